The van der Waals surface area contributed by atoms with E-state index in [1.807, 2.05) is 0 Å². The van der Waals surface area contributed by atoms with Crippen LogP contribution in [0.25, 0.3) is 0 Å². The summed E-state index contributed by atoms with van der Waals surface area (Å²) in [6.07, 6.45) is -6.47. The van der Waals surface area contributed by atoms with E-state index in [0.717, 1.165) is 0 Å². The summed E-state index contributed by atoms with van der Waals surface area (Å²) in [5.74, 6) is -0.846. The van der Waals surface area contributed by atoms with Crippen molar-refractivity contribution in [1.29, 1.82) is 0 Å². The Bertz CT molecular complexity index is 435. The van der Waals surface area contributed by atoms with E-state index in [2.05, 4.69) is 0 Å². The van der Waals surface area contributed by atoms with Crippen LogP contribution in [-0.2, 0) is 14.3 Å². The summed E-state index contributed by atoms with van der Waals surface area (Å²) in [5, 5.41) is 0. The van der Waals surface area contributed by atoms with Crippen LogP contribution in [0.3, 0.4) is 0 Å². The highest BCUT2D eigenvalue weighted by Crippen LogP contribution is 2.42. The van der Waals surface area contributed by atoms with Crippen molar-refractivity contribution in [1.82, 2.24) is 4.90 Å². The minimum absolute atomic E-state index is 0.0220. The normalized spacial score (nSPS) is 18.5. The molecule has 23 heavy (non-hydrogen) atoms. The number of hydrogen-bond acceptors (Lipinski definition) is 4. The van der Waals surface area contributed by atoms with E-state index in [9.17, 15) is 22.8 Å². The fourth-order valence-corrected chi connectivity index (χ4v) is 2.56. The van der Waals surface area contributed by atoms with Gasteiger partial charge in [-0.2, -0.15) is 13.2 Å². The van der Waals surface area contributed by atoms with E-state index in [-0.39, 0.29) is 32.5 Å². The molecule has 0 bridgehead atoms. The van der Waals surface area contributed by atoms with E-state index < -0.39 is 35.7 Å². The Balaban J connectivity index is 2.80. The second kappa shape index (κ2) is 6.97. The molecule has 0 unspecified atom stereocenters. The molecule has 0 aliphatic carbocycles. The first-order valence-electron chi connectivity index (χ1n) is 7.60. The topological polar surface area (TPSA) is 55.8 Å². The van der Waals surface area contributed by atoms with Crippen molar-refractivity contribution in [3.8, 4) is 0 Å². The Morgan fingerprint density at radius 3 is 2.04 bits per heavy atom. The number of hydrogen-bond donors (Lipinski definition) is 0. The summed E-state index contributed by atoms with van der Waals surface area (Å²) in [6, 6.07) is 0. The largest absolute Gasteiger partial charge is 0.466 e. The first kappa shape index (κ1) is 19.6. The fraction of sp³-hybridized carbons (Fsp3) is 0.867. The second-order valence-corrected chi connectivity index (χ2v) is 6.76. The number of amides is 1. The lowest BCUT2D eigenvalue weighted by Crippen LogP contribution is -2.49. The van der Waals surface area contributed by atoms with Gasteiger partial charge in [0, 0.05) is 13.1 Å². The van der Waals surface area contributed by atoms with Crippen LogP contribution in [0.4, 0.5) is 18.0 Å². The van der Waals surface area contributed by atoms with Gasteiger partial charge in [0.15, 0.2) is 0 Å². The van der Waals surface area contributed by atoms with Gasteiger partial charge in [-0.3, -0.25) is 4.79 Å². The number of halogens is 3. The third kappa shape index (κ3) is 5.91. The Labute approximate surface area is 134 Å². The molecule has 0 aromatic heterocycles. The van der Waals surface area contributed by atoms with E-state index in [1.54, 1.807) is 27.7 Å². The molecule has 1 aliphatic rings. The van der Waals surface area contributed by atoms with Gasteiger partial charge in [-0.15, -0.1) is 0 Å². The monoisotopic (exact) mass is 339 g/mol. The molecule has 1 fully saturated rings. The number of esters is 1. The summed E-state index contributed by atoms with van der Waals surface area (Å²) < 4.78 is 48.6. The zero-order chi connectivity index (χ0) is 17.9. The number of nitrogens with zero attached hydrogens (tertiary/aromatic N) is 1. The van der Waals surface area contributed by atoms with Crippen LogP contribution in [0.5, 0.6) is 0 Å². The lowest BCUT2D eigenvalue weighted by molar-refractivity contribution is -0.188. The molecule has 0 saturated carbocycles. The van der Waals surface area contributed by atoms with Crippen LogP contribution in [0, 0.1) is 5.41 Å². The van der Waals surface area contributed by atoms with Crippen LogP contribution in [0.1, 0.15) is 47.0 Å². The average Bonchev–Trinajstić information content (AvgIpc) is 2.35. The molecule has 1 heterocycles. The third-order valence-electron chi connectivity index (χ3n) is 3.62. The van der Waals surface area contributed by atoms with Crippen LogP contribution in [-0.4, -0.2) is 48.4 Å². The maximum atomic E-state index is 12.9. The first-order chi connectivity index (χ1) is 10.4. The van der Waals surface area contributed by atoms with Gasteiger partial charge in [0.2, 0.25) is 0 Å². The van der Waals surface area contributed by atoms with Gasteiger partial charge in [0.1, 0.15) is 5.60 Å². The molecule has 134 valence electrons. The van der Waals surface area contributed by atoms with Crippen molar-refractivity contribution in [3.63, 3.8) is 0 Å². The number of likely N-dealkylation sites (tertiary alicyclic amines) is 1. The standard InChI is InChI=1S/C15H24F3NO4/c1-5-22-11(20)14(10-15(16,17)18)6-8-19(9-7-14)12(21)23-13(2,3)4/h5-10H2,1-4H3. The smallest absolute Gasteiger partial charge is 0.410 e. The number of rotatable bonds is 3. The van der Waals surface area contributed by atoms with Crippen LogP contribution < -0.4 is 0 Å². The van der Waals surface area contributed by atoms with Gasteiger partial charge in [0.25, 0.3) is 0 Å². The van der Waals surface area contributed by atoms with E-state index >= 15 is 0 Å². The molecule has 1 rings (SSSR count). The number of piperidine rings is 1. The highest BCUT2D eigenvalue weighted by Gasteiger charge is 2.50. The van der Waals surface area contributed by atoms with Crippen molar-refractivity contribution in [3.05, 3.63) is 0 Å². The molecular formula is C15H24F3NO4. The summed E-state index contributed by atoms with van der Waals surface area (Å²) in [7, 11) is 0. The van der Waals surface area contributed by atoms with E-state index in [1.165, 1.54) is 4.90 Å². The van der Waals surface area contributed by atoms with E-state index in [4.69, 9.17) is 9.47 Å². The first-order valence-corrected chi connectivity index (χ1v) is 7.60. The SMILES string of the molecule is CCOC(=O)C1(CC(F)(F)F)CCN(C(=O)OC(C)(C)C)CC1. The Morgan fingerprint density at radius 1 is 1.13 bits per heavy atom. The summed E-state index contributed by atoms with van der Waals surface area (Å²) in [6.45, 7) is 6.76. The minimum atomic E-state index is -4.47. The number of alkyl halides is 3. The summed E-state index contributed by atoms with van der Waals surface area (Å²) in [5.41, 5.74) is -2.30. The molecule has 0 radical (unpaired) electrons. The highest BCUT2D eigenvalue weighted by molar-refractivity contribution is 5.77. The lowest BCUT2D eigenvalue weighted by Gasteiger charge is -2.40. The Kier molecular flexibility index (Phi) is 5.93. The molecule has 8 heteroatoms. The van der Waals surface area contributed by atoms with Crippen molar-refractivity contribution >= 4 is 12.1 Å². The second-order valence-electron chi connectivity index (χ2n) is 6.76. The van der Waals surface area contributed by atoms with Gasteiger partial charge in [-0.25, -0.2) is 4.79 Å². The van der Waals surface area contributed by atoms with Gasteiger partial charge in [0.05, 0.1) is 18.4 Å². The molecule has 0 spiro atoms. The quantitative estimate of drug-likeness (QED) is 0.738. The van der Waals surface area contributed by atoms with Crippen molar-refractivity contribution in [2.24, 2.45) is 5.41 Å². The van der Waals surface area contributed by atoms with Gasteiger partial charge in [-0.05, 0) is 40.5 Å². The molecule has 5 nitrogen and oxygen atoms in total. The number of carbonyl (C=O) groups excluding carboxylic acids is 2. The molecule has 0 atom stereocenters. The molecule has 0 N–H and O–H groups in total. The van der Waals surface area contributed by atoms with Crippen molar-refractivity contribution < 1.29 is 32.2 Å². The zero-order valence-corrected chi connectivity index (χ0v) is 14.0. The van der Waals surface area contributed by atoms with Crippen LogP contribution >= 0.6 is 0 Å². The molecular weight excluding hydrogens is 315 g/mol. The third-order valence-corrected chi connectivity index (χ3v) is 3.62. The number of ether oxygens (including phenoxy) is 2. The fourth-order valence-electron chi connectivity index (χ4n) is 2.56. The maximum absolute atomic E-state index is 12.9. The predicted molar refractivity (Wildman–Crippen MR) is 76.8 cm³/mol. The Morgan fingerprint density at radius 2 is 1.65 bits per heavy atom. The van der Waals surface area contributed by atoms with Gasteiger partial charge < -0.3 is 14.4 Å². The van der Waals surface area contributed by atoms with Gasteiger partial charge >= 0.3 is 18.2 Å². The minimum Gasteiger partial charge on any atom is -0.466 e. The van der Waals surface area contributed by atoms with E-state index in [0.29, 0.717) is 0 Å². The van der Waals surface area contributed by atoms with Crippen molar-refractivity contribution in [2.45, 2.75) is 58.7 Å². The molecule has 1 aliphatic heterocycles. The molecule has 1 saturated heterocycles. The maximum Gasteiger partial charge on any atom is 0.410 e. The van der Waals surface area contributed by atoms with Gasteiger partial charge in [-0.1, -0.05) is 0 Å². The van der Waals surface area contributed by atoms with Crippen LogP contribution in [0.2, 0.25) is 0 Å². The summed E-state index contributed by atoms with van der Waals surface area (Å²) in [4.78, 5) is 25.3. The highest BCUT2D eigenvalue weighted by atomic mass is 19.4. The Hall–Kier alpha value is -1.47. The zero-order valence-electron chi connectivity index (χ0n) is 14.0. The molecule has 0 aromatic carbocycles. The predicted octanol–water partition coefficient (Wildman–Crippen LogP) is 3.52. The van der Waals surface area contributed by atoms with Crippen LogP contribution in [0.15, 0.2) is 0 Å². The van der Waals surface area contributed by atoms with Crippen molar-refractivity contribution in [2.75, 3.05) is 19.7 Å². The summed E-state index contributed by atoms with van der Waals surface area (Å²) >= 11 is 0. The molecule has 0 aromatic rings. The average molecular weight is 339 g/mol. The number of carbonyl (C=O) groups is 2. The molecule has 1 amide bonds. The lowest BCUT2D eigenvalue weighted by atomic mass is 9.75.